The first-order chi connectivity index (χ1) is 8.64. The number of hydrogen-bond acceptors (Lipinski definition) is 3. The van der Waals surface area contributed by atoms with Crippen LogP contribution in [0.15, 0.2) is 0 Å². The topological polar surface area (TPSA) is 46.2 Å². The Kier molecular flexibility index (Phi) is 5.47. The van der Waals surface area contributed by atoms with E-state index in [-0.39, 0.29) is 5.54 Å². The number of nitrogens with one attached hydrogen (secondary N) is 1. The van der Waals surface area contributed by atoms with E-state index in [9.17, 15) is 8.42 Å². The van der Waals surface area contributed by atoms with Crippen LogP contribution in [0.1, 0.15) is 73.1 Å². The summed E-state index contributed by atoms with van der Waals surface area (Å²) in [6.07, 6.45) is 6.17. The highest BCUT2D eigenvalue weighted by Gasteiger charge is 2.42. The minimum Gasteiger partial charge on any atom is -0.308 e. The van der Waals surface area contributed by atoms with Crippen molar-refractivity contribution in [2.45, 2.75) is 89.5 Å². The lowest BCUT2D eigenvalue weighted by Gasteiger charge is -2.41. The van der Waals surface area contributed by atoms with Crippen molar-refractivity contribution in [1.82, 2.24) is 5.32 Å². The van der Waals surface area contributed by atoms with Crippen molar-refractivity contribution in [2.24, 2.45) is 0 Å². The first-order valence-electron chi connectivity index (χ1n) is 7.64. The summed E-state index contributed by atoms with van der Waals surface area (Å²) < 4.78 is 24.8. The second-order valence-electron chi connectivity index (χ2n) is 7.01. The standard InChI is InChI=1S/C15H31NO2S/c1-6-14(4,5)19(17,18)12-15(16-13(2)3)10-8-7-9-11-15/h13,16H,6-12H2,1-5H3. The molecule has 0 radical (unpaired) electrons. The Morgan fingerprint density at radius 3 is 2.11 bits per heavy atom. The Morgan fingerprint density at radius 1 is 1.16 bits per heavy atom. The van der Waals surface area contributed by atoms with Gasteiger partial charge in [-0.1, -0.05) is 40.0 Å². The average molecular weight is 289 g/mol. The molecule has 0 amide bonds. The molecule has 0 saturated heterocycles. The SMILES string of the molecule is CCC(C)(C)S(=O)(=O)CC1(NC(C)C)CCCCC1. The molecule has 0 spiro atoms. The van der Waals surface area contributed by atoms with Crippen molar-refractivity contribution in [3.05, 3.63) is 0 Å². The van der Waals surface area contributed by atoms with Gasteiger partial charge in [-0.3, -0.25) is 0 Å². The molecule has 1 aliphatic rings. The third kappa shape index (κ3) is 4.19. The first-order valence-corrected chi connectivity index (χ1v) is 9.29. The van der Waals surface area contributed by atoms with Crippen molar-refractivity contribution < 1.29 is 8.42 Å². The Labute approximate surface area is 119 Å². The van der Waals surface area contributed by atoms with E-state index in [4.69, 9.17) is 0 Å². The third-order valence-corrected chi connectivity index (χ3v) is 7.47. The molecule has 1 fully saturated rings. The van der Waals surface area contributed by atoms with Crippen LogP contribution in [0.5, 0.6) is 0 Å². The van der Waals surface area contributed by atoms with Gasteiger partial charge in [0, 0.05) is 11.6 Å². The van der Waals surface area contributed by atoms with Crippen LogP contribution < -0.4 is 5.32 Å². The predicted molar refractivity (Wildman–Crippen MR) is 82.2 cm³/mol. The van der Waals surface area contributed by atoms with Gasteiger partial charge in [-0.25, -0.2) is 8.42 Å². The fraction of sp³-hybridized carbons (Fsp3) is 1.00. The maximum Gasteiger partial charge on any atom is 0.157 e. The summed E-state index contributed by atoms with van der Waals surface area (Å²) in [5.41, 5.74) is -0.197. The van der Waals surface area contributed by atoms with Crippen LogP contribution in [0, 0.1) is 0 Å². The predicted octanol–water partition coefficient (Wildman–Crippen LogP) is 3.29. The van der Waals surface area contributed by atoms with Crippen molar-refractivity contribution >= 4 is 9.84 Å². The van der Waals surface area contributed by atoms with Gasteiger partial charge in [-0.15, -0.1) is 0 Å². The molecule has 19 heavy (non-hydrogen) atoms. The van der Waals surface area contributed by atoms with Crippen LogP contribution in [-0.4, -0.2) is 30.5 Å². The third-order valence-electron chi connectivity index (χ3n) is 4.57. The Hall–Kier alpha value is -0.0900. The largest absolute Gasteiger partial charge is 0.308 e. The fourth-order valence-electron chi connectivity index (χ4n) is 2.95. The van der Waals surface area contributed by atoms with Gasteiger partial charge in [0.25, 0.3) is 0 Å². The highest BCUT2D eigenvalue weighted by molar-refractivity contribution is 7.92. The number of sulfone groups is 1. The first kappa shape index (κ1) is 17.0. The van der Waals surface area contributed by atoms with Crippen molar-refractivity contribution in [2.75, 3.05) is 5.75 Å². The Morgan fingerprint density at radius 2 is 1.68 bits per heavy atom. The molecule has 0 atom stereocenters. The zero-order valence-electron chi connectivity index (χ0n) is 13.3. The molecule has 114 valence electrons. The van der Waals surface area contributed by atoms with Crippen LogP contribution >= 0.6 is 0 Å². The summed E-state index contributed by atoms with van der Waals surface area (Å²) in [6.45, 7) is 9.88. The van der Waals surface area contributed by atoms with Gasteiger partial charge in [-0.05, 0) is 33.1 Å². The van der Waals surface area contributed by atoms with Crippen LogP contribution in [-0.2, 0) is 9.84 Å². The lowest BCUT2D eigenvalue weighted by atomic mass is 9.82. The molecule has 4 heteroatoms. The molecule has 0 heterocycles. The fourth-order valence-corrected chi connectivity index (χ4v) is 4.88. The van der Waals surface area contributed by atoms with E-state index < -0.39 is 14.6 Å². The smallest absolute Gasteiger partial charge is 0.157 e. The summed E-state index contributed by atoms with van der Waals surface area (Å²) in [7, 11) is -3.08. The average Bonchev–Trinajstić information content (AvgIpc) is 2.27. The van der Waals surface area contributed by atoms with Gasteiger partial charge >= 0.3 is 0 Å². The van der Waals surface area contributed by atoms with Gasteiger partial charge in [0.15, 0.2) is 9.84 Å². The summed E-state index contributed by atoms with van der Waals surface area (Å²) in [5, 5.41) is 3.57. The molecular weight excluding hydrogens is 258 g/mol. The van der Waals surface area contributed by atoms with E-state index in [2.05, 4.69) is 19.2 Å². The van der Waals surface area contributed by atoms with E-state index >= 15 is 0 Å². The van der Waals surface area contributed by atoms with Crippen LogP contribution in [0.2, 0.25) is 0 Å². The molecule has 0 bridgehead atoms. The monoisotopic (exact) mass is 289 g/mol. The summed E-state index contributed by atoms with van der Waals surface area (Å²) in [6, 6.07) is 0.332. The Bertz CT molecular complexity index is 379. The molecule has 0 aromatic carbocycles. The Balaban J connectivity index is 2.95. The van der Waals surface area contributed by atoms with Crippen LogP contribution in [0.4, 0.5) is 0 Å². The van der Waals surface area contributed by atoms with Crippen molar-refractivity contribution in [3.8, 4) is 0 Å². The quantitative estimate of drug-likeness (QED) is 0.816. The minimum atomic E-state index is -3.08. The summed E-state index contributed by atoms with van der Waals surface area (Å²) >= 11 is 0. The highest BCUT2D eigenvalue weighted by Crippen LogP contribution is 2.33. The molecule has 0 unspecified atom stereocenters. The van der Waals surface area contributed by atoms with Gasteiger partial charge in [-0.2, -0.15) is 0 Å². The number of hydrogen-bond donors (Lipinski definition) is 1. The van der Waals surface area contributed by atoms with E-state index in [1.54, 1.807) is 0 Å². The molecule has 0 aromatic rings. The maximum absolute atomic E-state index is 12.7. The van der Waals surface area contributed by atoms with E-state index in [0.29, 0.717) is 18.2 Å². The molecule has 3 nitrogen and oxygen atoms in total. The molecule has 0 aromatic heterocycles. The highest BCUT2D eigenvalue weighted by atomic mass is 32.2. The zero-order chi connectivity index (χ0) is 14.7. The minimum absolute atomic E-state index is 0.197. The van der Waals surface area contributed by atoms with Crippen molar-refractivity contribution in [3.63, 3.8) is 0 Å². The van der Waals surface area contributed by atoms with Gasteiger partial charge < -0.3 is 5.32 Å². The molecular formula is C15H31NO2S. The second-order valence-corrected chi connectivity index (χ2v) is 9.64. The van der Waals surface area contributed by atoms with E-state index in [1.807, 2.05) is 20.8 Å². The lowest BCUT2D eigenvalue weighted by molar-refractivity contribution is 0.239. The molecule has 1 aliphatic carbocycles. The van der Waals surface area contributed by atoms with Crippen LogP contribution in [0.25, 0.3) is 0 Å². The van der Waals surface area contributed by atoms with Gasteiger partial charge in [0.1, 0.15) is 0 Å². The molecule has 1 N–H and O–H groups in total. The van der Waals surface area contributed by atoms with E-state index in [0.717, 1.165) is 25.7 Å². The summed E-state index contributed by atoms with van der Waals surface area (Å²) in [5.74, 6) is 0.291. The van der Waals surface area contributed by atoms with E-state index in [1.165, 1.54) is 6.42 Å². The lowest BCUT2D eigenvalue weighted by Crippen LogP contribution is -2.56. The maximum atomic E-state index is 12.7. The van der Waals surface area contributed by atoms with Crippen molar-refractivity contribution in [1.29, 1.82) is 0 Å². The van der Waals surface area contributed by atoms with Crippen LogP contribution in [0.3, 0.4) is 0 Å². The van der Waals surface area contributed by atoms with Gasteiger partial charge in [0.05, 0.1) is 10.5 Å². The zero-order valence-corrected chi connectivity index (χ0v) is 14.1. The molecule has 1 saturated carbocycles. The normalized spacial score (nSPS) is 20.7. The van der Waals surface area contributed by atoms with Gasteiger partial charge in [0.2, 0.25) is 0 Å². The second kappa shape index (κ2) is 6.13. The number of rotatable bonds is 6. The molecule has 1 rings (SSSR count). The summed E-state index contributed by atoms with van der Waals surface area (Å²) in [4.78, 5) is 0. The molecule has 0 aliphatic heterocycles.